The number of rotatable bonds is 4. The lowest BCUT2D eigenvalue weighted by atomic mass is 10.1. The van der Waals surface area contributed by atoms with Crippen molar-refractivity contribution in [2.75, 3.05) is 0 Å². The van der Waals surface area contributed by atoms with Gasteiger partial charge >= 0.3 is 0 Å². The smallest absolute Gasteiger partial charge is 0.0702 e. The topological polar surface area (TPSA) is 30.9 Å². The van der Waals surface area contributed by atoms with Crippen LogP contribution in [0.5, 0.6) is 0 Å². The van der Waals surface area contributed by atoms with Gasteiger partial charge in [-0.3, -0.25) is 0 Å². The molecule has 16 heavy (non-hydrogen) atoms. The van der Waals surface area contributed by atoms with Crippen LogP contribution in [0.1, 0.15) is 17.4 Å². The van der Waals surface area contributed by atoms with Gasteiger partial charge in [-0.2, -0.15) is 0 Å². The van der Waals surface area contributed by atoms with E-state index in [0.29, 0.717) is 0 Å². The number of halogens is 1. The molecule has 0 radical (unpaired) electrons. The van der Waals surface area contributed by atoms with Crippen molar-refractivity contribution >= 4 is 27.3 Å². The number of aromatic nitrogens is 1. The first-order valence-corrected chi connectivity index (χ1v) is 6.89. The normalized spacial score (nSPS) is 12.9. The second kappa shape index (κ2) is 5.17. The maximum atomic E-state index is 5.78. The van der Waals surface area contributed by atoms with Gasteiger partial charge in [0.1, 0.15) is 0 Å². The quantitative estimate of drug-likeness (QED) is 0.923. The molecule has 2 aromatic heterocycles. The van der Waals surface area contributed by atoms with E-state index in [1.165, 1.54) is 14.2 Å². The Kier molecular flexibility index (Phi) is 3.84. The first kappa shape index (κ1) is 11.9. The maximum absolute atomic E-state index is 5.78. The first-order chi connectivity index (χ1) is 7.63. The van der Waals surface area contributed by atoms with Crippen LogP contribution in [0.3, 0.4) is 0 Å². The van der Waals surface area contributed by atoms with E-state index in [4.69, 9.17) is 5.73 Å². The van der Waals surface area contributed by atoms with Gasteiger partial charge in [-0.1, -0.05) is 0 Å². The molecule has 2 heterocycles. The summed E-state index contributed by atoms with van der Waals surface area (Å²) in [7, 11) is 0. The first-order valence-electron chi connectivity index (χ1n) is 5.28. The molecule has 2 rings (SSSR count). The minimum absolute atomic E-state index is 0.228. The molecular weight excluding hydrogens is 284 g/mol. The largest absolute Gasteiger partial charge is 0.349 e. The average molecular weight is 299 g/mol. The molecule has 86 valence electrons. The Morgan fingerprint density at radius 3 is 2.88 bits per heavy atom. The molecule has 2 nitrogen and oxygen atoms in total. The van der Waals surface area contributed by atoms with Gasteiger partial charge in [0.15, 0.2) is 0 Å². The van der Waals surface area contributed by atoms with Crippen LogP contribution in [0, 0.1) is 0 Å². The second-order valence-corrected chi connectivity index (χ2v) is 6.63. The summed E-state index contributed by atoms with van der Waals surface area (Å²) in [5.41, 5.74) is 7.09. The van der Waals surface area contributed by atoms with E-state index in [0.717, 1.165) is 13.0 Å². The summed E-state index contributed by atoms with van der Waals surface area (Å²) in [5.74, 6) is 0. The van der Waals surface area contributed by atoms with E-state index in [1.807, 2.05) is 6.92 Å². The van der Waals surface area contributed by atoms with Crippen LogP contribution in [0.15, 0.2) is 34.4 Å². The molecule has 0 aliphatic carbocycles. The van der Waals surface area contributed by atoms with Crippen LogP contribution in [-0.2, 0) is 13.0 Å². The summed E-state index contributed by atoms with van der Waals surface area (Å²) in [6, 6.07) is 6.62. The van der Waals surface area contributed by atoms with Crippen LogP contribution in [0.25, 0.3) is 0 Å². The number of nitrogens with zero attached hydrogens (tertiary/aromatic N) is 1. The van der Waals surface area contributed by atoms with Crippen LogP contribution in [0.2, 0.25) is 0 Å². The molecule has 0 aromatic carbocycles. The van der Waals surface area contributed by atoms with Crippen LogP contribution < -0.4 is 5.73 Å². The van der Waals surface area contributed by atoms with Crippen LogP contribution in [0.4, 0.5) is 0 Å². The Hall–Kier alpha value is -0.580. The summed E-state index contributed by atoms with van der Waals surface area (Å²) < 4.78 is 3.39. The third-order valence-electron chi connectivity index (χ3n) is 2.34. The summed E-state index contributed by atoms with van der Waals surface area (Å²) in [6.07, 6.45) is 5.24. The van der Waals surface area contributed by atoms with Gasteiger partial charge in [0.25, 0.3) is 0 Å². The van der Waals surface area contributed by atoms with E-state index >= 15 is 0 Å². The van der Waals surface area contributed by atoms with Crippen molar-refractivity contribution in [1.29, 1.82) is 0 Å². The third kappa shape index (κ3) is 3.20. The highest BCUT2D eigenvalue weighted by Gasteiger charge is 2.02. The molecule has 0 spiro atoms. The SMILES string of the molecule is CC(N)Cc1ccn(Cc2ccc(Br)s2)c1. The number of hydrogen-bond acceptors (Lipinski definition) is 2. The minimum atomic E-state index is 0.228. The van der Waals surface area contributed by atoms with Crippen molar-refractivity contribution in [3.63, 3.8) is 0 Å². The average Bonchev–Trinajstić information content (AvgIpc) is 2.76. The zero-order valence-corrected chi connectivity index (χ0v) is 11.6. The second-order valence-electron chi connectivity index (χ2n) is 4.08. The lowest BCUT2D eigenvalue weighted by Crippen LogP contribution is -2.17. The van der Waals surface area contributed by atoms with E-state index in [1.54, 1.807) is 11.3 Å². The van der Waals surface area contributed by atoms with Gasteiger partial charge in [-0.05, 0) is 53.0 Å². The fourth-order valence-corrected chi connectivity index (χ4v) is 3.19. The summed E-state index contributed by atoms with van der Waals surface area (Å²) in [4.78, 5) is 1.36. The fraction of sp³-hybridized carbons (Fsp3) is 0.333. The molecule has 2 N–H and O–H groups in total. The van der Waals surface area contributed by atoms with Gasteiger partial charge in [0.05, 0.1) is 10.3 Å². The Bertz CT molecular complexity index is 459. The summed E-state index contributed by atoms with van der Waals surface area (Å²) in [5, 5.41) is 0. The molecule has 0 amide bonds. The van der Waals surface area contributed by atoms with Gasteiger partial charge in [0.2, 0.25) is 0 Å². The molecule has 0 bridgehead atoms. The molecule has 1 atom stereocenters. The molecule has 0 aliphatic heterocycles. The third-order valence-corrected chi connectivity index (χ3v) is 3.95. The molecule has 0 aliphatic rings. The van der Waals surface area contributed by atoms with Gasteiger partial charge in [-0.15, -0.1) is 11.3 Å². The zero-order chi connectivity index (χ0) is 11.5. The minimum Gasteiger partial charge on any atom is -0.349 e. The van der Waals surface area contributed by atoms with Crippen LogP contribution >= 0.6 is 27.3 Å². The lowest BCUT2D eigenvalue weighted by molar-refractivity contribution is 0.732. The lowest BCUT2D eigenvalue weighted by Gasteiger charge is -2.02. The van der Waals surface area contributed by atoms with Crippen molar-refractivity contribution in [2.24, 2.45) is 5.73 Å². The van der Waals surface area contributed by atoms with Crippen molar-refractivity contribution < 1.29 is 0 Å². The van der Waals surface area contributed by atoms with Crippen molar-refractivity contribution in [1.82, 2.24) is 4.57 Å². The standard InChI is InChI=1S/C12H15BrN2S/c1-9(14)6-10-4-5-15(7-10)8-11-2-3-12(13)16-11/h2-5,7,9H,6,8,14H2,1H3. The monoisotopic (exact) mass is 298 g/mol. The molecule has 0 saturated carbocycles. The zero-order valence-electron chi connectivity index (χ0n) is 9.19. The molecular formula is C12H15BrN2S. The van der Waals surface area contributed by atoms with E-state index < -0.39 is 0 Å². The maximum Gasteiger partial charge on any atom is 0.0702 e. The summed E-state index contributed by atoms with van der Waals surface area (Å²) in [6.45, 7) is 2.98. The van der Waals surface area contributed by atoms with E-state index in [2.05, 4.69) is 51.1 Å². The van der Waals surface area contributed by atoms with E-state index in [-0.39, 0.29) is 6.04 Å². The van der Waals surface area contributed by atoms with Crippen molar-refractivity contribution in [3.05, 3.63) is 44.8 Å². The van der Waals surface area contributed by atoms with Crippen molar-refractivity contribution in [2.45, 2.75) is 25.9 Å². The Morgan fingerprint density at radius 2 is 2.25 bits per heavy atom. The number of thiophene rings is 1. The summed E-state index contributed by atoms with van der Waals surface area (Å²) >= 11 is 5.25. The predicted molar refractivity (Wildman–Crippen MR) is 72.9 cm³/mol. The van der Waals surface area contributed by atoms with Crippen LogP contribution in [-0.4, -0.2) is 10.6 Å². The van der Waals surface area contributed by atoms with Gasteiger partial charge in [-0.25, -0.2) is 0 Å². The highest BCUT2D eigenvalue weighted by molar-refractivity contribution is 9.11. The number of nitrogens with two attached hydrogens (primary N) is 1. The van der Waals surface area contributed by atoms with Gasteiger partial charge in [0, 0.05) is 23.3 Å². The molecule has 0 fully saturated rings. The van der Waals surface area contributed by atoms with Gasteiger partial charge < -0.3 is 10.3 Å². The fourth-order valence-electron chi connectivity index (χ4n) is 1.70. The predicted octanol–water partition coefficient (Wildman–Crippen LogP) is 3.25. The van der Waals surface area contributed by atoms with E-state index in [9.17, 15) is 0 Å². The molecule has 4 heteroatoms. The highest BCUT2D eigenvalue weighted by Crippen LogP contribution is 2.23. The Morgan fingerprint density at radius 1 is 1.44 bits per heavy atom. The number of hydrogen-bond donors (Lipinski definition) is 1. The molecule has 1 unspecified atom stereocenters. The molecule has 0 saturated heterocycles. The Labute approximate surface area is 108 Å². The highest BCUT2D eigenvalue weighted by atomic mass is 79.9. The van der Waals surface area contributed by atoms with Crippen molar-refractivity contribution in [3.8, 4) is 0 Å². The molecule has 2 aromatic rings. The Balaban J connectivity index is 2.02.